The third kappa shape index (κ3) is 8.62. The van der Waals surface area contributed by atoms with Crippen LogP contribution in [0.5, 0.6) is 0 Å². The van der Waals surface area contributed by atoms with Gasteiger partial charge in [-0.3, -0.25) is 4.79 Å². The molecule has 0 saturated carbocycles. The predicted molar refractivity (Wildman–Crippen MR) is 64.7 cm³/mol. The molecule has 0 bridgehead atoms. The minimum absolute atomic E-state index is 0.00309. The first-order valence-electron chi connectivity index (χ1n) is 5.25. The maximum atomic E-state index is 11.4. The Bertz CT molecular complexity index is 299. The van der Waals surface area contributed by atoms with E-state index in [4.69, 9.17) is 5.11 Å². The van der Waals surface area contributed by atoms with E-state index in [1.165, 1.54) is 11.8 Å². The van der Waals surface area contributed by atoms with Crippen LogP contribution >= 0.6 is 11.8 Å². The van der Waals surface area contributed by atoms with Gasteiger partial charge in [-0.2, -0.15) is 11.8 Å². The first-order valence-corrected chi connectivity index (χ1v) is 6.65. The average Bonchev–Trinajstić information content (AvgIpc) is 2.29. The SMILES string of the molecule is CSCCC(NC(=O)CCCO[N+](=O)[O-])C(=O)O. The van der Waals surface area contributed by atoms with Crippen LogP contribution < -0.4 is 5.32 Å². The Morgan fingerprint density at radius 2 is 2.22 bits per heavy atom. The Balaban J connectivity index is 3.87. The van der Waals surface area contributed by atoms with Crippen molar-refractivity contribution in [3.8, 4) is 0 Å². The van der Waals surface area contributed by atoms with Gasteiger partial charge in [-0.15, -0.1) is 10.1 Å². The van der Waals surface area contributed by atoms with Crippen molar-refractivity contribution in [1.29, 1.82) is 0 Å². The van der Waals surface area contributed by atoms with Crippen molar-refractivity contribution in [3.63, 3.8) is 0 Å². The van der Waals surface area contributed by atoms with Crippen molar-refractivity contribution in [2.45, 2.75) is 25.3 Å². The van der Waals surface area contributed by atoms with Gasteiger partial charge in [0.05, 0.1) is 6.61 Å². The van der Waals surface area contributed by atoms with Gasteiger partial charge in [0.1, 0.15) is 6.04 Å². The monoisotopic (exact) mass is 280 g/mol. The number of carboxylic acid groups (broad SMARTS) is 1. The summed E-state index contributed by atoms with van der Waals surface area (Å²) < 4.78 is 0. The Kier molecular flexibility index (Phi) is 8.71. The molecule has 104 valence electrons. The number of nitrogens with one attached hydrogen (secondary N) is 1. The lowest BCUT2D eigenvalue weighted by Crippen LogP contribution is -2.41. The Morgan fingerprint density at radius 3 is 2.72 bits per heavy atom. The molecule has 0 saturated heterocycles. The second-order valence-corrected chi connectivity index (χ2v) is 4.39. The lowest BCUT2D eigenvalue weighted by Gasteiger charge is -2.13. The van der Waals surface area contributed by atoms with Crippen LogP contribution in [0.4, 0.5) is 0 Å². The highest BCUT2D eigenvalue weighted by atomic mass is 32.2. The van der Waals surface area contributed by atoms with E-state index in [9.17, 15) is 19.7 Å². The minimum atomic E-state index is -1.08. The van der Waals surface area contributed by atoms with Crippen LogP contribution in [0.2, 0.25) is 0 Å². The summed E-state index contributed by atoms with van der Waals surface area (Å²) in [7, 11) is 0. The zero-order valence-electron chi connectivity index (χ0n) is 9.96. The smallest absolute Gasteiger partial charge is 0.326 e. The number of amides is 1. The minimum Gasteiger partial charge on any atom is -0.480 e. The van der Waals surface area contributed by atoms with Gasteiger partial charge in [0.2, 0.25) is 5.91 Å². The highest BCUT2D eigenvalue weighted by Crippen LogP contribution is 2.02. The lowest BCUT2D eigenvalue weighted by atomic mass is 10.2. The van der Waals surface area contributed by atoms with Gasteiger partial charge in [0.15, 0.2) is 0 Å². The molecule has 0 rings (SSSR count). The number of carbonyl (C=O) groups excluding carboxylic acids is 1. The molecule has 9 heteroatoms. The molecule has 0 aromatic carbocycles. The first-order chi connectivity index (χ1) is 8.47. The summed E-state index contributed by atoms with van der Waals surface area (Å²) in [5.41, 5.74) is 0. The molecular formula is C9H16N2O6S. The van der Waals surface area contributed by atoms with E-state index >= 15 is 0 Å². The largest absolute Gasteiger partial charge is 0.480 e. The number of thioether (sulfide) groups is 1. The molecule has 1 amide bonds. The number of hydrogen-bond donors (Lipinski definition) is 2. The fraction of sp³-hybridized carbons (Fsp3) is 0.778. The molecule has 18 heavy (non-hydrogen) atoms. The van der Waals surface area contributed by atoms with Crippen LogP contribution in [0.3, 0.4) is 0 Å². The van der Waals surface area contributed by atoms with E-state index in [-0.39, 0.29) is 19.4 Å². The third-order valence-electron chi connectivity index (χ3n) is 1.99. The highest BCUT2D eigenvalue weighted by Gasteiger charge is 2.18. The molecule has 1 atom stereocenters. The molecule has 1 unspecified atom stereocenters. The van der Waals surface area contributed by atoms with Crippen molar-refractivity contribution in [2.75, 3.05) is 18.6 Å². The van der Waals surface area contributed by atoms with Crippen molar-refractivity contribution in [1.82, 2.24) is 5.32 Å². The summed E-state index contributed by atoms with van der Waals surface area (Å²) in [5.74, 6) is -0.906. The summed E-state index contributed by atoms with van der Waals surface area (Å²) in [6.07, 6.45) is 2.35. The van der Waals surface area contributed by atoms with Crippen LogP contribution in [0.15, 0.2) is 0 Å². The van der Waals surface area contributed by atoms with Crippen LogP contribution in [0.25, 0.3) is 0 Å². The van der Waals surface area contributed by atoms with Crippen LogP contribution in [0.1, 0.15) is 19.3 Å². The number of aliphatic carboxylic acids is 1. The van der Waals surface area contributed by atoms with Crippen molar-refractivity contribution < 1.29 is 24.6 Å². The first kappa shape index (κ1) is 16.5. The van der Waals surface area contributed by atoms with E-state index < -0.39 is 23.0 Å². The van der Waals surface area contributed by atoms with Gasteiger partial charge in [0.25, 0.3) is 5.09 Å². The highest BCUT2D eigenvalue weighted by molar-refractivity contribution is 7.98. The predicted octanol–water partition coefficient (Wildman–Crippen LogP) is 0.297. The van der Waals surface area contributed by atoms with Gasteiger partial charge >= 0.3 is 5.97 Å². The van der Waals surface area contributed by atoms with E-state index in [0.717, 1.165) is 0 Å². The zero-order chi connectivity index (χ0) is 14.0. The second kappa shape index (κ2) is 9.51. The summed E-state index contributed by atoms with van der Waals surface area (Å²) in [5, 5.41) is 20.1. The van der Waals surface area contributed by atoms with Gasteiger partial charge in [-0.25, -0.2) is 4.79 Å². The van der Waals surface area contributed by atoms with E-state index in [1.807, 2.05) is 6.26 Å². The number of hydrogen-bond acceptors (Lipinski definition) is 6. The van der Waals surface area contributed by atoms with E-state index in [2.05, 4.69) is 10.2 Å². The topological polar surface area (TPSA) is 119 Å². The van der Waals surface area contributed by atoms with Gasteiger partial charge in [-0.1, -0.05) is 0 Å². The molecule has 0 aromatic rings. The molecule has 0 fully saturated rings. The van der Waals surface area contributed by atoms with Crippen molar-refractivity contribution >= 4 is 23.6 Å². The Morgan fingerprint density at radius 1 is 1.56 bits per heavy atom. The molecule has 2 N–H and O–H groups in total. The second-order valence-electron chi connectivity index (χ2n) is 3.40. The molecule has 0 aliphatic rings. The van der Waals surface area contributed by atoms with E-state index in [0.29, 0.717) is 12.2 Å². The quantitative estimate of drug-likeness (QED) is 0.335. The molecule has 0 spiro atoms. The number of carbonyl (C=O) groups is 2. The lowest BCUT2D eigenvalue weighted by molar-refractivity contribution is -0.757. The molecular weight excluding hydrogens is 264 g/mol. The molecule has 0 aliphatic carbocycles. The fourth-order valence-electron chi connectivity index (χ4n) is 1.13. The summed E-state index contributed by atoms with van der Waals surface area (Å²) in [6.45, 7) is -0.178. The van der Waals surface area contributed by atoms with Crippen molar-refractivity contribution in [2.24, 2.45) is 0 Å². The zero-order valence-corrected chi connectivity index (χ0v) is 10.8. The van der Waals surface area contributed by atoms with Gasteiger partial charge in [-0.05, 0) is 24.9 Å². The molecule has 8 nitrogen and oxygen atoms in total. The van der Waals surface area contributed by atoms with Crippen LogP contribution in [-0.2, 0) is 14.4 Å². The maximum Gasteiger partial charge on any atom is 0.326 e. The normalized spacial score (nSPS) is 11.6. The standard InChI is InChI=1S/C9H16N2O6S/c1-18-6-4-7(9(13)14)10-8(12)3-2-5-17-11(15)16/h7H,2-6H2,1H3,(H,10,12)(H,13,14). The Labute approximate surface area is 108 Å². The van der Waals surface area contributed by atoms with Gasteiger partial charge < -0.3 is 15.3 Å². The third-order valence-corrected chi connectivity index (χ3v) is 2.63. The van der Waals surface area contributed by atoms with Crippen LogP contribution in [0, 0.1) is 10.1 Å². The summed E-state index contributed by atoms with van der Waals surface area (Å²) in [6, 6.07) is -0.915. The summed E-state index contributed by atoms with van der Waals surface area (Å²) >= 11 is 1.49. The molecule has 0 aliphatic heterocycles. The maximum absolute atomic E-state index is 11.4. The average molecular weight is 280 g/mol. The van der Waals surface area contributed by atoms with Crippen LogP contribution in [-0.4, -0.2) is 46.7 Å². The van der Waals surface area contributed by atoms with Crippen molar-refractivity contribution in [3.05, 3.63) is 10.1 Å². The molecule has 0 radical (unpaired) electrons. The number of nitrogens with zero attached hydrogens (tertiary/aromatic N) is 1. The van der Waals surface area contributed by atoms with E-state index in [1.54, 1.807) is 0 Å². The molecule has 0 aromatic heterocycles. The number of rotatable bonds is 10. The van der Waals surface area contributed by atoms with Gasteiger partial charge in [0, 0.05) is 6.42 Å². The fourth-order valence-corrected chi connectivity index (χ4v) is 1.60. The summed E-state index contributed by atoms with van der Waals surface area (Å²) in [4.78, 5) is 36.0. The molecule has 0 heterocycles. The number of carboxylic acids is 1. The Hall–Kier alpha value is -1.51.